The number of ketones is 1. The molecular weight excluding hydrogens is 289 g/mol. The van der Waals surface area contributed by atoms with Gasteiger partial charge in [-0.25, -0.2) is 0 Å². The van der Waals surface area contributed by atoms with Gasteiger partial charge in [0.25, 0.3) is 0 Å². The quantitative estimate of drug-likeness (QED) is 0.397. The Balaban J connectivity index is 2.68. The lowest BCUT2D eigenvalue weighted by molar-refractivity contribution is -0.0367. The summed E-state index contributed by atoms with van der Waals surface area (Å²) < 4.78 is 42.6. The molecular formula is C14H17F3O2S. The van der Waals surface area contributed by atoms with Crippen LogP contribution < -0.4 is 0 Å². The Morgan fingerprint density at radius 1 is 1.25 bits per heavy atom. The van der Waals surface area contributed by atoms with Crippen LogP contribution in [0.1, 0.15) is 36.5 Å². The molecule has 0 aliphatic heterocycles. The molecule has 0 unspecified atom stereocenters. The first-order valence-electron chi connectivity index (χ1n) is 6.39. The van der Waals surface area contributed by atoms with Crippen molar-refractivity contribution in [2.24, 2.45) is 0 Å². The minimum atomic E-state index is -4.50. The number of benzene rings is 1. The highest BCUT2D eigenvalue weighted by Gasteiger charge is 2.37. The number of hydrogen-bond donors (Lipinski definition) is 0. The maximum atomic E-state index is 12.5. The van der Waals surface area contributed by atoms with Crippen LogP contribution in [0.4, 0.5) is 13.2 Å². The van der Waals surface area contributed by atoms with Gasteiger partial charge in [0.2, 0.25) is 5.78 Å². The average Bonchev–Trinajstić information content (AvgIpc) is 2.41. The summed E-state index contributed by atoms with van der Waals surface area (Å²) in [6.07, 6.45) is 2.45. The molecule has 0 aliphatic carbocycles. The molecule has 0 saturated carbocycles. The summed E-state index contributed by atoms with van der Waals surface area (Å²) in [7, 11) is 0. The average molecular weight is 306 g/mol. The second kappa shape index (κ2) is 8.32. The summed E-state index contributed by atoms with van der Waals surface area (Å²) in [6.45, 7) is 2.14. The van der Waals surface area contributed by atoms with Crippen LogP contribution in [0.15, 0.2) is 30.3 Å². The van der Waals surface area contributed by atoms with Gasteiger partial charge in [0.05, 0.1) is 0 Å². The van der Waals surface area contributed by atoms with E-state index in [1.165, 1.54) is 12.1 Å². The molecule has 1 atom stereocenters. The van der Waals surface area contributed by atoms with Crippen LogP contribution in [0.2, 0.25) is 0 Å². The fourth-order valence-electron chi connectivity index (χ4n) is 1.57. The molecule has 1 rings (SSSR count). The van der Waals surface area contributed by atoms with Crippen molar-refractivity contribution in [3.05, 3.63) is 35.9 Å². The zero-order valence-electron chi connectivity index (χ0n) is 11.2. The second-order valence-electron chi connectivity index (χ2n) is 4.20. The maximum absolute atomic E-state index is 12.5. The first kappa shape index (κ1) is 17.0. The highest BCUT2D eigenvalue weighted by atomic mass is 32.2. The minimum Gasteiger partial charge on any atom is -0.359 e. The lowest BCUT2D eigenvalue weighted by atomic mass is 10.1. The fraction of sp³-hybridized carbons (Fsp3) is 0.500. The summed E-state index contributed by atoms with van der Waals surface area (Å²) in [6, 6.07) is 7.90. The standard InChI is InChI=1S/C14H17F3O2S/c1-2-3-7-10-19-13(20-14(15,16)17)12(18)11-8-5-4-6-9-11/h4-6,8-9,13H,2-3,7,10H2,1H3/t13-/m1/s1. The fourth-order valence-corrected chi connectivity index (χ4v) is 2.22. The van der Waals surface area contributed by atoms with Crippen molar-refractivity contribution >= 4 is 17.5 Å². The van der Waals surface area contributed by atoms with Crippen LogP contribution in [0.5, 0.6) is 0 Å². The van der Waals surface area contributed by atoms with Crippen molar-refractivity contribution in [2.45, 2.75) is 37.1 Å². The van der Waals surface area contributed by atoms with Gasteiger partial charge in [-0.05, 0) is 18.2 Å². The van der Waals surface area contributed by atoms with Crippen LogP contribution in [0, 0.1) is 0 Å². The van der Waals surface area contributed by atoms with Gasteiger partial charge in [-0.2, -0.15) is 13.2 Å². The predicted molar refractivity (Wildman–Crippen MR) is 73.7 cm³/mol. The zero-order chi connectivity index (χ0) is 15.0. The van der Waals surface area contributed by atoms with E-state index in [9.17, 15) is 18.0 Å². The van der Waals surface area contributed by atoms with E-state index in [0.717, 1.165) is 12.8 Å². The number of ether oxygens (including phenoxy) is 1. The van der Waals surface area contributed by atoms with E-state index >= 15 is 0 Å². The summed E-state index contributed by atoms with van der Waals surface area (Å²) in [5.41, 5.74) is -5.81. The van der Waals surface area contributed by atoms with E-state index in [1.54, 1.807) is 18.2 Å². The Morgan fingerprint density at radius 2 is 1.90 bits per heavy atom. The van der Waals surface area contributed by atoms with E-state index in [0.29, 0.717) is 6.42 Å². The van der Waals surface area contributed by atoms with Gasteiger partial charge in [0.1, 0.15) is 0 Å². The highest BCUT2D eigenvalue weighted by molar-refractivity contribution is 8.01. The molecule has 0 aromatic heterocycles. The lowest BCUT2D eigenvalue weighted by Gasteiger charge is -2.17. The SMILES string of the molecule is CCCCCO[C@H](SC(F)(F)F)C(=O)c1ccccc1. The van der Waals surface area contributed by atoms with Gasteiger partial charge >= 0.3 is 5.51 Å². The van der Waals surface area contributed by atoms with Crippen LogP contribution in [0.3, 0.4) is 0 Å². The van der Waals surface area contributed by atoms with Crippen molar-refractivity contribution in [1.82, 2.24) is 0 Å². The molecule has 1 aromatic rings. The number of carbonyl (C=O) groups excluding carboxylic acids is 1. The minimum absolute atomic E-state index is 0.153. The third-order valence-electron chi connectivity index (χ3n) is 2.53. The Hall–Kier alpha value is -1.01. The third-order valence-corrected chi connectivity index (χ3v) is 3.36. The number of Topliss-reactive ketones (excluding diaryl/α,β-unsaturated/α-hetero) is 1. The number of hydrogen-bond acceptors (Lipinski definition) is 3. The van der Waals surface area contributed by atoms with Crippen LogP contribution >= 0.6 is 11.8 Å². The first-order chi connectivity index (χ1) is 9.44. The van der Waals surface area contributed by atoms with Gasteiger partial charge < -0.3 is 4.74 Å². The van der Waals surface area contributed by atoms with Crippen LogP contribution in [-0.2, 0) is 4.74 Å². The van der Waals surface area contributed by atoms with E-state index in [2.05, 4.69) is 0 Å². The van der Waals surface area contributed by atoms with Crippen LogP contribution in [-0.4, -0.2) is 23.3 Å². The van der Waals surface area contributed by atoms with E-state index < -0.39 is 28.5 Å². The third kappa shape index (κ3) is 6.43. The Morgan fingerprint density at radius 3 is 2.45 bits per heavy atom. The molecule has 0 amide bonds. The zero-order valence-corrected chi connectivity index (χ0v) is 12.0. The van der Waals surface area contributed by atoms with Gasteiger partial charge in [-0.3, -0.25) is 4.79 Å². The monoisotopic (exact) mass is 306 g/mol. The van der Waals surface area contributed by atoms with Crippen molar-refractivity contribution in [3.63, 3.8) is 0 Å². The molecule has 20 heavy (non-hydrogen) atoms. The summed E-state index contributed by atoms with van der Waals surface area (Å²) in [5.74, 6) is -0.649. The topological polar surface area (TPSA) is 26.3 Å². The summed E-state index contributed by atoms with van der Waals surface area (Å²) >= 11 is -0.409. The number of thioether (sulfide) groups is 1. The number of unbranched alkanes of at least 4 members (excludes halogenated alkanes) is 2. The van der Waals surface area contributed by atoms with Crippen molar-refractivity contribution in [2.75, 3.05) is 6.61 Å². The molecule has 0 aliphatic rings. The second-order valence-corrected chi connectivity index (χ2v) is 5.33. The van der Waals surface area contributed by atoms with Gasteiger partial charge in [-0.1, -0.05) is 50.1 Å². The van der Waals surface area contributed by atoms with Crippen molar-refractivity contribution in [3.8, 4) is 0 Å². The van der Waals surface area contributed by atoms with E-state index in [4.69, 9.17) is 4.74 Å². The van der Waals surface area contributed by atoms with Gasteiger partial charge in [0, 0.05) is 12.2 Å². The molecule has 0 N–H and O–H groups in total. The van der Waals surface area contributed by atoms with Crippen molar-refractivity contribution < 1.29 is 22.7 Å². The molecule has 0 heterocycles. The molecule has 6 heteroatoms. The largest absolute Gasteiger partial charge is 0.444 e. The Labute approximate surface area is 120 Å². The Bertz CT molecular complexity index is 407. The number of rotatable bonds is 8. The molecule has 112 valence electrons. The molecule has 0 bridgehead atoms. The summed E-state index contributed by atoms with van der Waals surface area (Å²) in [5, 5.41) is 0. The highest BCUT2D eigenvalue weighted by Crippen LogP contribution is 2.35. The van der Waals surface area contributed by atoms with E-state index in [1.807, 2.05) is 6.92 Å². The summed E-state index contributed by atoms with van der Waals surface area (Å²) in [4.78, 5) is 12.0. The van der Waals surface area contributed by atoms with E-state index in [-0.39, 0.29) is 12.2 Å². The van der Waals surface area contributed by atoms with Gasteiger partial charge in [0.15, 0.2) is 5.44 Å². The molecule has 0 radical (unpaired) electrons. The number of alkyl halides is 3. The number of carbonyl (C=O) groups is 1. The van der Waals surface area contributed by atoms with Crippen molar-refractivity contribution in [1.29, 1.82) is 0 Å². The molecule has 0 spiro atoms. The normalized spacial score (nSPS) is 13.2. The molecule has 2 nitrogen and oxygen atoms in total. The number of halogens is 3. The molecule has 1 aromatic carbocycles. The lowest BCUT2D eigenvalue weighted by Crippen LogP contribution is -2.25. The van der Waals surface area contributed by atoms with Crippen LogP contribution in [0.25, 0.3) is 0 Å². The smallest absolute Gasteiger partial charge is 0.359 e. The van der Waals surface area contributed by atoms with Gasteiger partial charge in [-0.15, -0.1) is 0 Å². The predicted octanol–water partition coefficient (Wildman–Crippen LogP) is 4.66. The maximum Gasteiger partial charge on any atom is 0.444 e. The molecule has 0 saturated heterocycles. The molecule has 0 fully saturated rings. The Kier molecular flexibility index (Phi) is 7.09. The first-order valence-corrected chi connectivity index (χ1v) is 7.27.